The summed E-state index contributed by atoms with van der Waals surface area (Å²) in [6.07, 6.45) is 4.33. The normalized spacial score (nSPS) is 18.2. The number of fused-ring (bicyclic) bond motifs is 1. The Bertz CT molecular complexity index is 1130. The predicted octanol–water partition coefficient (Wildman–Crippen LogP) is 2.66. The number of carbonyl (C=O) groups excluding carboxylic acids is 2. The Hall–Kier alpha value is -3.55. The molecule has 8 heteroatoms. The van der Waals surface area contributed by atoms with Gasteiger partial charge in [-0.3, -0.25) is 19.6 Å². The molecule has 4 heterocycles. The van der Waals surface area contributed by atoms with Crippen LogP contribution in [0.3, 0.4) is 0 Å². The van der Waals surface area contributed by atoms with Crippen molar-refractivity contribution in [1.29, 1.82) is 0 Å². The molecule has 1 saturated heterocycles. The standard InChI is InChI=1S/C24H26N6O2/c1-16-19-7-8-21(31)30(14-10-17-5-3-2-4-6-17)23(19)27-22(26-16)18-11-13-29(15-18)24(32)20-9-12-25-28-20/h2-6,9,12,18H,7-8,10-11,13-15H2,1H3,(H,25,28). The molecule has 32 heavy (non-hydrogen) atoms. The van der Waals surface area contributed by atoms with E-state index in [9.17, 15) is 9.59 Å². The number of rotatable bonds is 5. The Morgan fingerprint density at radius 2 is 2.00 bits per heavy atom. The first-order chi connectivity index (χ1) is 15.6. The van der Waals surface area contributed by atoms with E-state index < -0.39 is 0 Å². The van der Waals surface area contributed by atoms with E-state index in [-0.39, 0.29) is 17.7 Å². The SMILES string of the molecule is Cc1nc(C2CCN(C(=O)c3ccn[nH]3)C2)nc2c1CCC(=O)N2CCc1ccccc1. The predicted molar refractivity (Wildman–Crippen MR) is 119 cm³/mol. The summed E-state index contributed by atoms with van der Waals surface area (Å²) in [4.78, 5) is 38.8. The van der Waals surface area contributed by atoms with Gasteiger partial charge in [-0.05, 0) is 37.8 Å². The number of nitrogens with zero attached hydrogens (tertiary/aromatic N) is 5. The van der Waals surface area contributed by atoms with E-state index in [0.29, 0.717) is 38.2 Å². The van der Waals surface area contributed by atoms with Gasteiger partial charge in [-0.15, -0.1) is 0 Å². The van der Waals surface area contributed by atoms with Gasteiger partial charge in [0.05, 0.1) is 0 Å². The first-order valence-electron chi connectivity index (χ1n) is 11.1. The first kappa shape index (κ1) is 20.4. The van der Waals surface area contributed by atoms with Crippen molar-refractivity contribution < 1.29 is 9.59 Å². The molecule has 164 valence electrons. The second-order valence-corrected chi connectivity index (χ2v) is 8.46. The third-order valence-corrected chi connectivity index (χ3v) is 6.39. The number of likely N-dealkylation sites (tertiary alicyclic amines) is 1. The van der Waals surface area contributed by atoms with Crippen molar-refractivity contribution >= 4 is 17.6 Å². The largest absolute Gasteiger partial charge is 0.337 e. The topological polar surface area (TPSA) is 95.1 Å². The molecule has 2 amide bonds. The minimum atomic E-state index is -0.0562. The van der Waals surface area contributed by atoms with Crippen molar-refractivity contribution in [2.24, 2.45) is 0 Å². The second kappa shape index (κ2) is 8.53. The Balaban J connectivity index is 1.37. The number of benzene rings is 1. The monoisotopic (exact) mass is 430 g/mol. The van der Waals surface area contributed by atoms with E-state index in [2.05, 4.69) is 22.3 Å². The summed E-state index contributed by atoms with van der Waals surface area (Å²) in [5, 5.41) is 6.61. The molecule has 2 aliphatic heterocycles. The maximum absolute atomic E-state index is 12.8. The molecular weight excluding hydrogens is 404 g/mol. The van der Waals surface area contributed by atoms with Crippen molar-refractivity contribution in [2.75, 3.05) is 24.5 Å². The molecule has 2 aliphatic rings. The Kier molecular flexibility index (Phi) is 5.43. The summed E-state index contributed by atoms with van der Waals surface area (Å²) >= 11 is 0. The molecule has 1 unspecified atom stereocenters. The summed E-state index contributed by atoms with van der Waals surface area (Å²) < 4.78 is 0. The average molecular weight is 431 g/mol. The highest BCUT2D eigenvalue weighted by Gasteiger charge is 2.33. The molecule has 0 radical (unpaired) electrons. The van der Waals surface area contributed by atoms with E-state index in [4.69, 9.17) is 9.97 Å². The van der Waals surface area contributed by atoms with Crippen molar-refractivity contribution in [2.45, 2.75) is 38.5 Å². The summed E-state index contributed by atoms with van der Waals surface area (Å²) in [6, 6.07) is 11.9. The van der Waals surface area contributed by atoms with Crippen LogP contribution in [-0.2, 0) is 17.6 Å². The van der Waals surface area contributed by atoms with Gasteiger partial charge in [-0.2, -0.15) is 5.10 Å². The van der Waals surface area contributed by atoms with E-state index in [1.165, 1.54) is 5.56 Å². The number of carbonyl (C=O) groups is 2. The molecule has 2 aromatic heterocycles. The lowest BCUT2D eigenvalue weighted by atomic mass is 10.0. The van der Waals surface area contributed by atoms with Gasteiger partial charge in [0, 0.05) is 49.4 Å². The van der Waals surface area contributed by atoms with Crippen LogP contribution in [0.15, 0.2) is 42.6 Å². The van der Waals surface area contributed by atoms with E-state index in [1.54, 1.807) is 12.3 Å². The summed E-state index contributed by atoms with van der Waals surface area (Å²) in [5.41, 5.74) is 3.68. The highest BCUT2D eigenvalue weighted by atomic mass is 16.2. The molecule has 1 N–H and O–H groups in total. The van der Waals surface area contributed by atoms with E-state index in [1.807, 2.05) is 34.9 Å². The van der Waals surface area contributed by atoms with Crippen molar-refractivity contribution in [3.8, 4) is 0 Å². The summed E-state index contributed by atoms with van der Waals surface area (Å²) in [5.74, 6) is 1.58. The number of anilines is 1. The van der Waals surface area contributed by atoms with Gasteiger partial charge in [0.2, 0.25) is 5.91 Å². The number of aromatic amines is 1. The fourth-order valence-corrected chi connectivity index (χ4v) is 4.60. The zero-order valence-electron chi connectivity index (χ0n) is 18.1. The molecule has 8 nitrogen and oxygen atoms in total. The number of hydrogen-bond acceptors (Lipinski definition) is 5. The van der Waals surface area contributed by atoms with Gasteiger partial charge < -0.3 is 4.90 Å². The maximum atomic E-state index is 12.8. The molecule has 0 bridgehead atoms. The number of aromatic nitrogens is 4. The Labute approximate surface area is 186 Å². The van der Waals surface area contributed by atoms with Crippen molar-refractivity contribution in [3.05, 3.63) is 70.9 Å². The smallest absolute Gasteiger partial charge is 0.271 e. The molecule has 5 rings (SSSR count). The number of aryl methyl sites for hydroxylation is 1. The maximum Gasteiger partial charge on any atom is 0.271 e. The first-order valence-corrected chi connectivity index (χ1v) is 11.1. The molecule has 0 saturated carbocycles. The molecule has 1 aromatic carbocycles. The molecule has 1 atom stereocenters. The van der Waals surface area contributed by atoms with Gasteiger partial charge >= 0.3 is 0 Å². The molecule has 0 spiro atoms. The lowest BCUT2D eigenvalue weighted by Crippen LogP contribution is -2.38. The zero-order chi connectivity index (χ0) is 22.1. The highest BCUT2D eigenvalue weighted by Crippen LogP contribution is 2.32. The lowest BCUT2D eigenvalue weighted by molar-refractivity contribution is -0.118. The fraction of sp³-hybridized carbons (Fsp3) is 0.375. The summed E-state index contributed by atoms with van der Waals surface area (Å²) in [7, 11) is 0. The van der Waals surface area contributed by atoms with Crippen LogP contribution in [0.1, 0.15) is 51.9 Å². The number of nitrogens with one attached hydrogen (secondary N) is 1. The second-order valence-electron chi connectivity index (χ2n) is 8.46. The minimum Gasteiger partial charge on any atom is -0.337 e. The molecule has 1 fully saturated rings. The Morgan fingerprint density at radius 1 is 1.16 bits per heavy atom. The minimum absolute atomic E-state index is 0.0545. The van der Waals surface area contributed by atoms with Crippen LogP contribution in [0.2, 0.25) is 0 Å². The van der Waals surface area contributed by atoms with Crippen LogP contribution in [0.25, 0.3) is 0 Å². The van der Waals surface area contributed by atoms with Crippen LogP contribution in [0.4, 0.5) is 5.82 Å². The van der Waals surface area contributed by atoms with Crippen LogP contribution in [-0.4, -0.2) is 56.5 Å². The van der Waals surface area contributed by atoms with Gasteiger partial charge in [-0.25, -0.2) is 9.97 Å². The van der Waals surface area contributed by atoms with Crippen LogP contribution in [0.5, 0.6) is 0 Å². The molecule has 0 aliphatic carbocycles. The number of H-pyrrole nitrogens is 1. The molecule has 3 aromatic rings. The number of amides is 2. The molecular formula is C24H26N6O2. The quantitative estimate of drug-likeness (QED) is 0.672. The number of hydrogen-bond donors (Lipinski definition) is 1. The average Bonchev–Trinajstić information content (AvgIpc) is 3.51. The van der Waals surface area contributed by atoms with Gasteiger partial charge in [-0.1, -0.05) is 30.3 Å². The van der Waals surface area contributed by atoms with Crippen LogP contribution in [0, 0.1) is 6.92 Å². The van der Waals surface area contributed by atoms with Gasteiger partial charge in [0.1, 0.15) is 17.3 Å². The van der Waals surface area contributed by atoms with Crippen LogP contribution >= 0.6 is 0 Å². The zero-order valence-corrected chi connectivity index (χ0v) is 18.1. The fourth-order valence-electron chi connectivity index (χ4n) is 4.60. The van der Waals surface area contributed by atoms with E-state index >= 15 is 0 Å². The van der Waals surface area contributed by atoms with Crippen molar-refractivity contribution in [1.82, 2.24) is 25.1 Å². The van der Waals surface area contributed by atoms with E-state index in [0.717, 1.165) is 35.7 Å². The third-order valence-electron chi connectivity index (χ3n) is 6.39. The Morgan fingerprint density at radius 3 is 2.78 bits per heavy atom. The van der Waals surface area contributed by atoms with Crippen molar-refractivity contribution in [3.63, 3.8) is 0 Å². The van der Waals surface area contributed by atoms with Gasteiger partial charge in [0.25, 0.3) is 5.91 Å². The third kappa shape index (κ3) is 3.88. The van der Waals surface area contributed by atoms with Crippen LogP contribution < -0.4 is 4.90 Å². The van der Waals surface area contributed by atoms with Gasteiger partial charge in [0.15, 0.2) is 0 Å². The summed E-state index contributed by atoms with van der Waals surface area (Å²) in [6.45, 7) is 3.81. The highest BCUT2D eigenvalue weighted by molar-refractivity contribution is 5.95. The lowest BCUT2D eigenvalue weighted by Gasteiger charge is -2.30.